The van der Waals surface area contributed by atoms with E-state index in [1.165, 1.54) is 27.8 Å². The molecule has 0 saturated carbocycles. The van der Waals surface area contributed by atoms with Gasteiger partial charge in [0, 0.05) is 6.20 Å². The Morgan fingerprint density at radius 3 is 2.59 bits per heavy atom. The molecule has 0 unspecified atom stereocenters. The van der Waals surface area contributed by atoms with Crippen molar-refractivity contribution >= 4 is 6.08 Å². The van der Waals surface area contributed by atoms with Crippen molar-refractivity contribution in [3.8, 4) is 16.8 Å². The second-order valence-electron chi connectivity index (χ2n) is 5.92. The average Bonchev–Trinajstić information content (AvgIpc) is 3.15. The van der Waals surface area contributed by atoms with E-state index in [2.05, 4.69) is 60.6 Å². The number of hydrogen-bond acceptors (Lipinski definition) is 1. The van der Waals surface area contributed by atoms with Gasteiger partial charge in [0.15, 0.2) is 0 Å². The third kappa shape index (κ3) is 2.17. The Labute approximate surface area is 130 Å². The van der Waals surface area contributed by atoms with E-state index in [4.69, 9.17) is 0 Å². The van der Waals surface area contributed by atoms with Gasteiger partial charge in [0.1, 0.15) is 0 Å². The molecule has 108 valence electrons. The highest BCUT2D eigenvalue weighted by Crippen LogP contribution is 2.29. The smallest absolute Gasteiger partial charge is 0.0680 e. The van der Waals surface area contributed by atoms with Gasteiger partial charge in [-0.1, -0.05) is 42.5 Å². The van der Waals surface area contributed by atoms with Crippen LogP contribution in [0.15, 0.2) is 54.7 Å². The molecule has 1 heterocycles. The standard InChI is InChI=1S/C20H18N2/c1-14-6-7-19(13-20(14)22-11-10-15(2)21-22)18-9-8-16-4-3-5-17(16)12-18/h3-4,6-13H,5H2,1-2H3. The zero-order chi connectivity index (χ0) is 15.1. The molecule has 2 aromatic carbocycles. The minimum absolute atomic E-state index is 1.04. The number of benzene rings is 2. The van der Waals surface area contributed by atoms with Gasteiger partial charge in [0.2, 0.25) is 0 Å². The van der Waals surface area contributed by atoms with Crippen LogP contribution in [-0.2, 0) is 6.42 Å². The van der Waals surface area contributed by atoms with Crippen molar-refractivity contribution in [2.24, 2.45) is 0 Å². The zero-order valence-electron chi connectivity index (χ0n) is 12.9. The monoisotopic (exact) mass is 286 g/mol. The maximum absolute atomic E-state index is 4.54. The van der Waals surface area contributed by atoms with Crippen LogP contribution in [0, 0.1) is 13.8 Å². The van der Waals surface area contributed by atoms with Gasteiger partial charge in [0.05, 0.1) is 11.4 Å². The summed E-state index contributed by atoms with van der Waals surface area (Å²) in [7, 11) is 0. The van der Waals surface area contributed by atoms with E-state index in [-0.39, 0.29) is 0 Å². The Bertz CT molecular complexity index is 884. The number of nitrogens with zero attached hydrogens (tertiary/aromatic N) is 2. The molecule has 0 N–H and O–H groups in total. The van der Waals surface area contributed by atoms with Crippen LogP contribution < -0.4 is 0 Å². The summed E-state index contributed by atoms with van der Waals surface area (Å²) in [6, 6.07) is 15.4. The molecule has 0 fully saturated rings. The lowest BCUT2D eigenvalue weighted by atomic mass is 9.99. The molecule has 0 atom stereocenters. The lowest BCUT2D eigenvalue weighted by Crippen LogP contribution is -1.98. The Balaban J connectivity index is 1.80. The fourth-order valence-corrected chi connectivity index (χ4v) is 3.02. The van der Waals surface area contributed by atoms with E-state index < -0.39 is 0 Å². The highest BCUT2D eigenvalue weighted by Gasteiger charge is 2.09. The molecule has 2 heteroatoms. The molecule has 0 bridgehead atoms. The molecule has 1 aromatic heterocycles. The maximum atomic E-state index is 4.54. The van der Waals surface area contributed by atoms with E-state index >= 15 is 0 Å². The molecular formula is C20H18N2. The lowest BCUT2D eigenvalue weighted by Gasteiger charge is -2.10. The second-order valence-corrected chi connectivity index (χ2v) is 5.92. The van der Waals surface area contributed by atoms with E-state index in [0.29, 0.717) is 0 Å². The van der Waals surface area contributed by atoms with Crippen LogP contribution in [0.1, 0.15) is 22.4 Å². The SMILES string of the molecule is Cc1ccn(-c2cc(-c3ccc4c(c3)CC=C4)ccc2C)n1. The number of allylic oxidation sites excluding steroid dienone is 1. The van der Waals surface area contributed by atoms with Gasteiger partial charge in [-0.3, -0.25) is 0 Å². The van der Waals surface area contributed by atoms with Crippen LogP contribution in [0.3, 0.4) is 0 Å². The first kappa shape index (κ1) is 13.1. The summed E-state index contributed by atoms with van der Waals surface area (Å²) in [5.41, 5.74) is 8.68. The Morgan fingerprint density at radius 2 is 1.77 bits per heavy atom. The van der Waals surface area contributed by atoms with Gasteiger partial charge in [0.25, 0.3) is 0 Å². The number of aryl methyl sites for hydroxylation is 2. The molecule has 0 radical (unpaired) electrons. The fraction of sp³-hybridized carbons (Fsp3) is 0.150. The van der Waals surface area contributed by atoms with Crippen LogP contribution in [0.25, 0.3) is 22.9 Å². The van der Waals surface area contributed by atoms with E-state index in [9.17, 15) is 0 Å². The van der Waals surface area contributed by atoms with Crippen molar-refractivity contribution in [3.05, 3.63) is 77.1 Å². The summed E-state index contributed by atoms with van der Waals surface area (Å²) < 4.78 is 1.96. The number of fused-ring (bicyclic) bond motifs is 1. The summed E-state index contributed by atoms with van der Waals surface area (Å²) in [6.07, 6.45) is 7.49. The average molecular weight is 286 g/mol. The van der Waals surface area contributed by atoms with Crippen molar-refractivity contribution in [1.82, 2.24) is 9.78 Å². The van der Waals surface area contributed by atoms with Gasteiger partial charge in [-0.15, -0.1) is 0 Å². The fourth-order valence-electron chi connectivity index (χ4n) is 3.02. The summed E-state index contributed by atoms with van der Waals surface area (Å²) in [5, 5.41) is 4.54. The van der Waals surface area contributed by atoms with Gasteiger partial charge in [-0.05, 0) is 60.2 Å². The lowest BCUT2D eigenvalue weighted by molar-refractivity contribution is 0.856. The van der Waals surface area contributed by atoms with Crippen molar-refractivity contribution in [3.63, 3.8) is 0 Å². The molecule has 2 nitrogen and oxygen atoms in total. The predicted octanol–water partition coefficient (Wildman–Crippen LogP) is 4.73. The molecule has 0 saturated heterocycles. The second kappa shape index (κ2) is 4.99. The Morgan fingerprint density at radius 1 is 0.955 bits per heavy atom. The molecule has 0 aliphatic heterocycles. The summed E-state index contributed by atoms with van der Waals surface area (Å²) in [6.45, 7) is 4.14. The first-order valence-corrected chi connectivity index (χ1v) is 7.64. The van der Waals surface area contributed by atoms with Crippen LogP contribution in [0.2, 0.25) is 0 Å². The summed E-state index contributed by atoms with van der Waals surface area (Å²) in [5.74, 6) is 0. The molecule has 4 rings (SSSR count). The largest absolute Gasteiger partial charge is 0.240 e. The molecular weight excluding hydrogens is 268 g/mol. The Kier molecular flexibility index (Phi) is 2.97. The minimum atomic E-state index is 1.04. The number of rotatable bonds is 2. The summed E-state index contributed by atoms with van der Waals surface area (Å²) >= 11 is 0. The summed E-state index contributed by atoms with van der Waals surface area (Å²) in [4.78, 5) is 0. The van der Waals surface area contributed by atoms with E-state index in [1.54, 1.807) is 0 Å². The van der Waals surface area contributed by atoms with Crippen LogP contribution >= 0.6 is 0 Å². The van der Waals surface area contributed by atoms with E-state index in [0.717, 1.165) is 17.8 Å². The van der Waals surface area contributed by atoms with Gasteiger partial charge in [-0.25, -0.2) is 4.68 Å². The molecule has 1 aliphatic carbocycles. The molecule has 22 heavy (non-hydrogen) atoms. The van der Waals surface area contributed by atoms with Gasteiger partial charge in [-0.2, -0.15) is 5.10 Å². The third-order valence-electron chi connectivity index (χ3n) is 4.29. The topological polar surface area (TPSA) is 17.8 Å². The molecule has 3 aromatic rings. The highest BCUT2D eigenvalue weighted by molar-refractivity contribution is 5.72. The third-order valence-corrected chi connectivity index (χ3v) is 4.29. The quantitative estimate of drug-likeness (QED) is 0.666. The van der Waals surface area contributed by atoms with E-state index in [1.807, 2.05) is 23.9 Å². The van der Waals surface area contributed by atoms with Gasteiger partial charge < -0.3 is 0 Å². The van der Waals surface area contributed by atoms with Crippen molar-refractivity contribution in [2.75, 3.05) is 0 Å². The van der Waals surface area contributed by atoms with Crippen LogP contribution in [-0.4, -0.2) is 9.78 Å². The van der Waals surface area contributed by atoms with Crippen molar-refractivity contribution < 1.29 is 0 Å². The highest BCUT2D eigenvalue weighted by atomic mass is 15.3. The number of hydrogen-bond donors (Lipinski definition) is 0. The molecule has 1 aliphatic rings. The van der Waals surface area contributed by atoms with Gasteiger partial charge >= 0.3 is 0 Å². The molecule has 0 spiro atoms. The maximum Gasteiger partial charge on any atom is 0.0680 e. The zero-order valence-corrected chi connectivity index (χ0v) is 12.9. The predicted molar refractivity (Wildman–Crippen MR) is 91.2 cm³/mol. The normalized spacial score (nSPS) is 12.6. The Hall–Kier alpha value is -2.61. The number of aromatic nitrogens is 2. The first-order chi connectivity index (χ1) is 10.7. The molecule has 0 amide bonds. The first-order valence-electron chi connectivity index (χ1n) is 7.64. The van der Waals surface area contributed by atoms with Crippen molar-refractivity contribution in [2.45, 2.75) is 20.3 Å². The van der Waals surface area contributed by atoms with Crippen molar-refractivity contribution in [1.29, 1.82) is 0 Å². The van der Waals surface area contributed by atoms with Crippen LogP contribution in [0.5, 0.6) is 0 Å². The minimum Gasteiger partial charge on any atom is -0.240 e. The van der Waals surface area contributed by atoms with Crippen LogP contribution in [0.4, 0.5) is 0 Å².